The maximum Gasteiger partial charge on any atom is 0.270 e. The van der Waals surface area contributed by atoms with Crippen LogP contribution in [0.1, 0.15) is 32.1 Å². The van der Waals surface area contributed by atoms with E-state index < -0.39 is 14.8 Å². The van der Waals surface area contributed by atoms with E-state index in [9.17, 15) is 23.3 Å². The summed E-state index contributed by atoms with van der Waals surface area (Å²) in [6.07, 6.45) is 5.56. The Morgan fingerprint density at radius 3 is 2.44 bits per heavy atom. The molecule has 0 saturated carbocycles. The van der Waals surface area contributed by atoms with Crippen LogP contribution in [0.3, 0.4) is 0 Å². The van der Waals surface area contributed by atoms with Gasteiger partial charge in [-0.2, -0.15) is 0 Å². The van der Waals surface area contributed by atoms with Crippen LogP contribution in [0.2, 0.25) is 0 Å². The number of benzene rings is 1. The molecule has 0 bridgehead atoms. The van der Waals surface area contributed by atoms with Gasteiger partial charge in [-0.3, -0.25) is 14.9 Å². The van der Waals surface area contributed by atoms with Crippen LogP contribution in [0.25, 0.3) is 0 Å². The summed E-state index contributed by atoms with van der Waals surface area (Å²) in [5.74, 6) is 0.0391. The van der Waals surface area contributed by atoms with Crippen LogP contribution in [0.5, 0.6) is 0 Å². The summed E-state index contributed by atoms with van der Waals surface area (Å²) in [6.45, 7) is 1.81. The summed E-state index contributed by atoms with van der Waals surface area (Å²) in [7, 11) is -3.63. The molecule has 1 amide bonds. The lowest BCUT2D eigenvalue weighted by Crippen LogP contribution is -2.32. The number of amides is 1. The zero-order chi connectivity index (χ0) is 18.4. The third-order valence-electron chi connectivity index (χ3n) is 4.19. The van der Waals surface area contributed by atoms with Crippen LogP contribution < -0.4 is 5.32 Å². The maximum absolute atomic E-state index is 12.2. The molecule has 0 radical (unpaired) electrons. The second-order valence-electron chi connectivity index (χ2n) is 6.18. The molecule has 1 N–H and O–H groups in total. The highest BCUT2D eigenvalue weighted by atomic mass is 32.2. The molecule has 1 aliphatic heterocycles. The Labute approximate surface area is 147 Å². The highest BCUT2D eigenvalue weighted by Gasteiger charge is 2.19. The zero-order valence-corrected chi connectivity index (χ0v) is 15.0. The summed E-state index contributed by atoms with van der Waals surface area (Å²) in [6, 6.07) is 3.65. The minimum Gasteiger partial charge on any atom is -0.383 e. The topological polar surface area (TPSA) is 110 Å². The monoisotopic (exact) mass is 369 g/mol. The molecule has 1 heterocycles. The number of nitro benzene ring substituents is 1. The van der Waals surface area contributed by atoms with Crippen molar-refractivity contribution in [2.24, 2.45) is 0 Å². The van der Waals surface area contributed by atoms with Gasteiger partial charge in [-0.1, -0.05) is 12.8 Å². The molecule has 2 rings (SSSR count). The summed E-state index contributed by atoms with van der Waals surface area (Å²) in [4.78, 5) is 24.2. The Morgan fingerprint density at radius 2 is 1.88 bits per heavy atom. The smallest absolute Gasteiger partial charge is 0.270 e. The zero-order valence-electron chi connectivity index (χ0n) is 14.2. The number of carbonyl (C=O) groups is 1. The first-order valence-electron chi connectivity index (χ1n) is 8.29. The quantitative estimate of drug-likeness (QED) is 0.608. The predicted octanol–water partition coefficient (Wildman–Crippen LogP) is 2.20. The van der Waals surface area contributed by atoms with Crippen LogP contribution in [0.4, 0.5) is 11.4 Å². The van der Waals surface area contributed by atoms with Crippen molar-refractivity contribution < 1.29 is 18.1 Å². The Bertz CT molecular complexity index is 740. The Balaban J connectivity index is 2.02. The molecule has 1 aromatic carbocycles. The highest BCUT2D eigenvalue weighted by Crippen LogP contribution is 2.26. The minimum atomic E-state index is -3.63. The molecule has 0 aliphatic carbocycles. The summed E-state index contributed by atoms with van der Waals surface area (Å²) in [5.41, 5.74) is -0.0108. The molecule has 1 saturated heterocycles. The van der Waals surface area contributed by atoms with Gasteiger partial charge in [0.15, 0.2) is 9.84 Å². The van der Waals surface area contributed by atoms with E-state index in [0.29, 0.717) is 0 Å². The van der Waals surface area contributed by atoms with Gasteiger partial charge >= 0.3 is 0 Å². The average Bonchev–Trinajstić information content (AvgIpc) is 2.83. The summed E-state index contributed by atoms with van der Waals surface area (Å²) >= 11 is 0. The van der Waals surface area contributed by atoms with Crippen molar-refractivity contribution >= 4 is 27.1 Å². The first-order chi connectivity index (χ1) is 11.8. The van der Waals surface area contributed by atoms with Gasteiger partial charge in [-0.15, -0.1) is 0 Å². The van der Waals surface area contributed by atoms with Crippen molar-refractivity contribution in [3.63, 3.8) is 0 Å². The number of non-ortho nitro benzene ring substituents is 1. The van der Waals surface area contributed by atoms with E-state index >= 15 is 0 Å². The predicted molar refractivity (Wildman–Crippen MR) is 94.4 cm³/mol. The van der Waals surface area contributed by atoms with Gasteiger partial charge in [0.25, 0.3) is 5.69 Å². The molecule has 0 spiro atoms. The lowest BCUT2D eigenvalue weighted by atomic mass is 10.2. The number of nitro groups is 1. The Morgan fingerprint density at radius 1 is 1.24 bits per heavy atom. The Kier molecular flexibility index (Phi) is 6.35. The van der Waals surface area contributed by atoms with Crippen molar-refractivity contribution in [1.29, 1.82) is 0 Å². The van der Waals surface area contributed by atoms with Crippen LogP contribution in [-0.4, -0.2) is 50.0 Å². The molecular weight excluding hydrogens is 346 g/mol. The van der Waals surface area contributed by atoms with E-state index in [1.54, 1.807) is 0 Å². The molecule has 1 aromatic rings. The standard InChI is InChI=1S/C16H23N3O5S/c1-25(23,24)15-12-13(19(21)22)6-7-14(15)17-9-8-16(20)18-10-4-2-3-5-11-18/h6-7,12,17H,2-5,8-11H2,1H3. The van der Waals surface area contributed by atoms with Crippen molar-refractivity contribution in [3.05, 3.63) is 28.3 Å². The number of carbonyl (C=O) groups excluding carboxylic acids is 1. The highest BCUT2D eigenvalue weighted by molar-refractivity contribution is 7.90. The van der Waals surface area contributed by atoms with E-state index in [1.807, 2.05) is 4.90 Å². The van der Waals surface area contributed by atoms with Crippen LogP contribution in [0.15, 0.2) is 23.1 Å². The lowest BCUT2D eigenvalue weighted by Gasteiger charge is -2.20. The molecule has 25 heavy (non-hydrogen) atoms. The number of hydrogen-bond donors (Lipinski definition) is 1. The average molecular weight is 369 g/mol. The van der Waals surface area contributed by atoms with Crippen molar-refractivity contribution in [2.45, 2.75) is 37.0 Å². The fourth-order valence-electron chi connectivity index (χ4n) is 2.86. The Hall–Kier alpha value is -2.16. The van der Waals surface area contributed by atoms with E-state index in [4.69, 9.17) is 0 Å². The van der Waals surface area contributed by atoms with Crippen LogP contribution in [0, 0.1) is 10.1 Å². The fourth-order valence-corrected chi connectivity index (χ4v) is 3.73. The number of nitrogens with one attached hydrogen (secondary N) is 1. The number of rotatable bonds is 6. The maximum atomic E-state index is 12.2. The van der Waals surface area contributed by atoms with Gasteiger partial charge in [-0.05, 0) is 18.9 Å². The summed E-state index contributed by atoms with van der Waals surface area (Å²) in [5, 5.41) is 13.8. The first-order valence-corrected chi connectivity index (χ1v) is 10.2. The molecule has 1 fully saturated rings. The second kappa shape index (κ2) is 8.28. The normalized spacial score (nSPS) is 15.5. The van der Waals surface area contributed by atoms with E-state index in [-0.39, 0.29) is 35.1 Å². The van der Waals surface area contributed by atoms with E-state index in [0.717, 1.165) is 51.1 Å². The fraction of sp³-hybridized carbons (Fsp3) is 0.562. The molecule has 1 aliphatic rings. The lowest BCUT2D eigenvalue weighted by molar-refractivity contribution is -0.385. The van der Waals surface area contributed by atoms with Gasteiger partial charge in [0.1, 0.15) is 0 Å². The number of likely N-dealkylation sites (tertiary alicyclic amines) is 1. The van der Waals surface area contributed by atoms with Gasteiger partial charge in [-0.25, -0.2) is 8.42 Å². The van der Waals surface area contributed by atoms with Crippen LogP contribution in [-0.2, 0) is 14.6 Å². The van der Waals surface area contributed by atoms with Gasteiger partial charge in [0.05, 0.1) is 15.5 Å². The minimum absolute atomic E-state index is 0.0391. The van der Waals surface area contributed by atoms with Crippen molar-refractivity contribution in [1.82, 2.24) is 4.90 Å². The molecule has 9 heteroatoms. The third-order valence-corrected chi connectivity index (χ3v) is 5.33. The third kappa shape index (κ3) is 5.42. The molecular formula is C16H23N3O5S. The summed E-state index contributed by atoms with van der Waals surface area (Å²) < 4.78 is 23.7. The number of anilines is 1. The first kappa shape index (κ1) is 19.2. The molecule has 138 valence electrons. The van der Waals surface area contributed by atoms with Crippen LogP contribution >= 0.6 is 0 Å². The van der Waals surface area contributed by atoms with Crippen molar-refractivity contribution in [3.8, 4) is 0 Å². The largest absolute Gasteiger partial charge is 0.383 e. The van der Waals surface area contributed by atoms with Crippen molar-refractivity contribution in [2.75, 3.05) is 31.2 Å². The molecule has 0 atom stereocenters. The molecule has 0 unspecified atom stereocenters. The van der Waals surface area contributed by atoms with Gasteiger partial charge in [0, 0.05) is 44.4 Å². The number of nitrogens with zero attached hydrogens (tertiary/aromatic N) is 2. The molecule has 8 nitrogen and oxygen atoms in total. The second-order valence-corrected chi connectivity index (χ2v) is 8.17. The number of sulfone groups is 1. The number of hydrogen-bond acceptors (Lipinski definition) is 6. The van der Waals surface area contributed by atoms with Gasteiger partial charge in [0.2, 0.25) is 5.91 Å². The molecule has 0 aromatic heterocycles. The van der Waals surface area contributed by atoms with Gasteiger partial charge < -0.3 is 10.2 Å². The SMILES string of the molecule is CS(=O)(=O)c1cc([N+](=O)[O-])ccc1NCCC(=O)N1CCCCCC1. The van der Waals surface area contributed by atoms with E-state index in [2.05, 4.69) is 5.32 Å². The van der Waals surface area contributed by atoms with E-state index in [1.165, 1.54) is 12.1 Å².